The molecule has 1 spiro atoms. The monoisotopic (exact) mass is 637 g/mol. The Morgan fingerprint density at radius 3 is 1.68 bits per heavy atom. The summed E-state index contributed by atoms with van der Waals surface area (Å²) in [6, 6.07) is 64.8. The first-order chi connectivity index (χ1) is 24.8. The van der Waals surface area contributed by atoms with Gasteiger partial charge >= 0.3 is 0 Å². The molecule has 1 nitrogen and oxygen atoms in total. The van der Waals surface area contributed by atoms with Gasteiger partial charge in [-0.25, -0.2) is 0 Å². The van der Waals surface area contributed by atoms with Crippen molar-refractivity contribution in [3.63, 3.8) is 0 Å². The van der Waals surface area contributed by atoms with Crippen molar-refractivity contribution in [3.05, 3.63) is 216 Å². The number of allylic oxidation sites excluding steroid dienone is 4. The topological polar surface area (TPSA) is 3.24 Å². The number of fused-ring (bicyclic) bond motifs is 9. The first kappa shape index (κ1) is 28.8. The van der Waals surface area contributed by atoms with E-state index in [-0.39, 0.29) is 5.41 Å². The molecule has 0 aliphatic heterocycles. The summed E-state index contributed by atoms with van der Waals surface area (Å²) < 4.78 is 0. The molecule has 0 saturated carbocycles. The van der Waals surface area contributed by atoms with E-state index in [1.807, 2.05) is 0 Å². The van der Waals surface area contributed by atoms with Crippen LogP contribution in [0.4, 0.5) is 17.1 Å². The zero-order valence-electron chi connectivity index (χ0n) is 27.8. The van der Waals surface area contributed by atoms with Crippen molar-refractivity contribution in [3.8, 4) is 33.4 Å². The third-order valence-corrected chi connectivity index (χ3v) is 11.0. The van der Waals surface area contributed by atoms with Gasteiger partial charge < -0.3 is 4.90 Å². The first-order valence-electron chi connectivity index (χ1n) is 17.7. The smallest absolute Gasteiger partial charge is 0.0722 e. The van der Waals surface area contributed by atoms with E-state index in [1.165, 1.54) is 66.8 Å². The van der Waals surface area contributed by atoms with Crippen LogP contribution in [0.15, 0.2) is 194 Å². The number of benzene rings is 7. The number of anilines is 3. The molecule has 0 heterocycles. The standard InChI is InChI=1S/C49H35N/c1-3-15-34(16-4-1)35-27-29-37(30-28-35)50(48-26-14-10-19-39(48)36-17-5-2-6-18-36)38-31-32-43-42-22-9-13-25-46(42)49(47(43)33-38)44-23-11-7-20-40(44)41-21-8-12-24-45(41)49/h1-8,10-21,23-33H,9,22H2. The molecule has 0 bridgehead atoms. The molecular formula is C49H35N. The second kappa shape index (κ2) is 11.5. The number of hydrogen-bond acceptors (Lipinski definition) is 1. The van der Waals surface area contributed by atoms with Crippen LogP contribution in [-0.4, -0.2) is 0 Å². The molecule has 236 valence electrons. The molecule has 0 atom stereocenters. The van der Waals surface area contributed by atoms with Crippen molar-refractivity contribution < 1.29 is 0 Å². The molecule has 10 rings (SSSR count). The number of rotatable bonds is 5. The average Bonchev–Trinajstić information content (AvgIpc) is 3.66. The van der Waals surface area contributed by atoms with Gasteiger partial charge in [0.15, 0.2) is 0 Å². The molecule has 0 N–H and O–H groups in total. The largest absolute Gasteiger partial charge is 0.310 e. The van der Waals surface area contributed by atoms with Gasteiger partial charge in [-0.15, -0.1) is 0 Å². The summed E-state index contributed by atoms with van der Waals surface area (Å²) in [5.74, 6) is 0. The highest BCUT2D eigenvalue weighted by Crippen LogP contribution is 2.63. The number of nitrogens with zero attached hydrogens (tertiary/aromatic N) is 1. The van der Waals surface area contributed by atoms with Crippen LogP contribution >= 0.6 is 0 Å². The summed E-state index contributed by atoms with van der Waals surface area (Å²) in [7, 11) is 0. The molecule has 7 aromatic carbocycles. The van der Waals surface area contributed by atoms with Crippen molar-refractivity contribution in [1.82, 2.24) is 0 Å². The van der Waals surface area contributed by atoms with Crippen LogP contribution in [0.5, 0.6) is 0 Å². The van der Waals surface area contributed by atoms with Crippen molar-refractivity contribution in [2.24, 2.45) is 0 Å². The van der Waals surface area contributed by atoms with E-state index in [9.17, 15) is 0 Å². The van der Waals surface area contributed by atoms with Gasteiger partial charge in [0.1, 0.15) is 0 Å². The van der Waals surface area contributed by atoms with Gasteiger partial charge in [0.25, 0.3) is 0 Å². The zero-order chi connectivity index (χ0) is 33.1. The maximum absolute atomic E-state index is 2.51. The molecule has 0 unspecified atom stereocenters. The minimum atomic E-state index is -0.355. The zero-order valence-corrected chi connectivity index (χ0v) is 27.8. The van der Waals surface area contributed by atoms with Gasteiger partial charge in [-0.2, -0.15) is 0 Å². The van der Waals surface area contributed by atoms with Crippen LogP contribution in [0.25, 0.3) is 39.0 Å². The lowest BCUT2D eigenvalue weighted by molar-refractivity contribution is 0.780. The predicted octanol–water partition coefficient (Wildman–Crippen LogP) is 12.9. The van der Waals surface area contributed by atoms with E-state index >= 15 is 0 Å². The maximum Gasteiger partial charge on any atom is 0.0722 e. The van der Waals surface area contributed by atoms with E-state index in [4.69, 9.17) is 0 Å². The summed E-state index contributed by atoms with van der Waals surface area (Å²) in [5, 5.41) is 0. The van der Waals surface area contributed by atoms with E-state index in [1.54, 1.807) is 0 Å². The lowest BCUT2D eigenvalue weighted by atomic mass is 9.69. The lowest BCUT2D eigenvalue weighted by Gasteiger charge is -2.34. The highest BCUT2D eigenvalue weighted by atomic mass is 15.1. The van der Waals surface area contributed by atoms with Crippen LogP contribution in [0.3, 0.4) is 0 Å². The Hall–Kier alpha value is -6.18. The highest BCUT2D eigenvalue weighted by molar-refractivity contribution is 5.97. The molecule has 0 radical (unpaired) electrons. The van der Waals surface area contributed by atoms with Gasteiger partial charge in [-0.3, -0.25) is 0 Å². The van der Waals surface area contributed by atoms with Crippen LogP contribution in [-0.2, 0) is 5.41 Å². The van der Waals surface area contributed by atoms with Gasteiger partial charge in [0.2, 0.25) is 0 Å². The maximum atomic E-state index is 2.51. The lowest BCUT2D eigenvalue weighted by Crippen LogP contribution is -2.27. The Bertz CT molecular complexity index is 2420. The summed E-state index contributed by atoms with van der Waals surface area (Å²) in [6.45, 7) is 0. The molecule has 0 amide bonds. The Morgan fingerprint density at radius 1 is 0.420 bits per heavy atom. The van der Waals surface area contributed by atoms with E-state index in [0.29, 0.717) is 0 Å². The van der Waals surface area contributed by atoms with Crippen LogP contribution in [0.1, 0.15) is 35.1 Å². The summed E-state index contributed by atoms with van der Waals surface area (Å²) >= 11 is 0. The van der Waals surface area contributed by atoms with Gasteiger partial charge in [-0.05, 0) is 104 Å². The minimum Gasteiger partial charge on any atom is -0.310 e. The first-order valence-corrected chi connectivity index (χ1v) is 17.7. The Labute approximate surface area is 294 Å². The molecule has 3 aliphatic rings. The number of para-hydroxylation sites is 1. The van der Waals surface area contributed by atoms with Crippen molar-refractivity contribution in [1.29, 1.82) is 0 Å². The van der Waals surface area contributed by atoms with Gasteiger partial charge in [0.05, 0.1) is 11.1 Å². The predicted molar refractivity (Wildman–Crippen MR) is 209 cm³/mol. The quantitative estimate of drug-likeness (QED) is 0.182. The fraction of sp³-hybridized carbons (Fsp3) is 0.0612. The molecule has 50 heavy (non-hydrogen) atoms. The van der Waals surface area contributed by atoms with E-state index in [2.05, 4.69) is 193 Å². The Morgan fingerprint density at radius 2 is 0.980 bits per heavy atom. The molecule has 0 aromatic heterocycles. The second-order valence-corrected chi connectivity index (χ2v) is 13.5. The fourth-order valence-corrected chi connectivity index (χ4v) is 8.89. The SMILES string of the molecule is C1=CC2=C(CC1)c1ccc(N(c3ccc(-c4ccccc4)cc3)c3ccccc3-c3ccccc3)cc1C21c2ccccc2-c2ccccc21. The summed E-state index contributed by atoms with van der Waals surface area (Å²) in [6.07, 6.45) is 6.95. The second-order valence-electron chi connectivity index (χ2n) is 13.5. The Balaban J connectivity index is 1.22. The molecule has 1 heteroatoms. The van der Waals surface area contributed by atoms with Gasteiger partial charge in [-0.1, -0.05) is 158 Å². The van der Waals surface area contributed by atoms with Crippen molar-refractivity contribution >= 4 is 22.6 Å². The summed E-state index contributed by atoms with van der Waals surface area (Å²) in [4.78, 5) is 2.46. The minimum absolute atomic E-state index is 0.355. The third-order valence-electron chi connectivity index (χ3n) is 11.0. The molecule has 3 aliphatic carbocycles. The Kier molecular flexibility index (Phi) is 6.60. The molecule has 0 saturated heterocycles. The normalized spacial score (nSPS) is 14.6. The average molecular weight is 638 g/mol. The van der Waals surface area contributed by atoms with E-state index < -0.39 is 0 Å². The number of hydrogen-bond donors (Lipinski definition) is 0. The van der Waals surface area contributed by atoms with Crippen molar-refractivity contribution in [2.75, 3.05) is 4.90 Å². The third kappa shape index (κ3) is 4.20. The molecular weight excluding hydrogens is 603 g/mol. The van der Waals surface area contributed by atoms with E-state index in [0.717, 1.165) is 29.9 Å². The molecule has 0 fully saturated rings. The van der Waals surface area contributed by atoms with Crippen LogP contribution in [0.2, 0.25) is 0 Å². The van der Waals surface area contributed by atoms with Gasteiger partial charge in [0, 0.05) is 16.9 Å². The molecule has 7 aromatic rings. The van der Waals surface area contributed by atoms with Crippen LogP contribution in [0, 0.1) is 0 Å². The van der Waals surface area contributed by atoms with Crippen molar-refractivity contribution in [2.45, 2.75) is 18.3 Å². The van der Waals surface area contributed by atoms with Crippen LogP contribution < -0.4 is 4.90 Å². The summed E-state index contributed by atoms with van der Waals surface area (Å²) in [5.41, 5.74) is 19.1. The highest BCUT2D eigenvalue weighted by Gasteiger charge is 2.52. The fourth-order valence-electron chi connectivity index (χ4n) is 8.89.